The molecule has 0 aromatic heterocycles. The molecule has 0 atom stereocenters. The third-order valence-electron chi connectivity index (χ3n) is 3.30. The van der Waals surface area contributed by atoms with Crippen molar-refractivity contribution in [2.75, 3.05) is 5.32 Å². The van der Waals surface area contributed by atoms with Crippen molar-refractivity contribution in [1.29, 1.82) is 0 Å². The van der Waals surface area contributed by atoms with Crippen LogP contribution in [0.4, 0.5) is 5.69 Å². The summed E-state index contributed by atoms with van der Waals surface area (Å²) in [5.41, 5.74) is 4.89. The van der Waals surface area contributed by atoms with Crippen LogP contribution in [-0.4, -0.2) is 12.0 Å². The topological polar surface area (TPSA) is 62.4 Å². The number of benzene rings is 1. The van der Waals surface area contributed by atoms with E-state index in [2.05, 4.69) is 34.8 Å². The van der Waals surface area contributed by atoms with Crippen LogP contribution in [0.3, 0.4) is 0 Å². The van der Waals surface area contributed by atoms with Crippen LogP contribution in [0.25, 0.3) is 0 Å². The molecule has 0 radical (unpaired) electrons. The van der Waals surface area contributed by atoms with Gasteiger partial charge in [0, 0.05) is 5.69 Å². The van der Waals surface area contributed by atoms with Crippen molar-refractivity contribution >= 4 is 11.6 Å². The van der Waals surface area contributed by atoms with Gasteiger partial charge in [-0.25, -0.2) is 10.8 Å². The molecule has 4 heteroatoms. The number of hydrazine groups is 1. The maximum atomic E-state index is 5.53. The molecule has 1 aliphatic carbocycles. The summed E-state index contributed by atoms with van der Waals surface area (Å²) < 4.78 is 0. The smallest absolute Gasteiger partial charge is 0.210 e. The molecule has 0 spiro atoms. The molecule has 0 amide bonds. The van der Waals surface area contributed by atoms with Gasteiger partial charge >= 0.3 is 0 Å². The Kier molecular flexibility index (Phi) is 4.59. The van der Waals surface area contributed by atoms with Gasteiger partial charge in [-0.3, -0.25) is 5.43 Å². The minimum Gasteiger partial charge on any atom is -0.325 e. The highest BCUT2D eigenvalue weighted by Gasteiger charge is 2.13. The largest absolute Gasteiger partial charge is 0.325 e. The van der Waals surface area contributed by atoms with Gasteiger partial charge in [-0.1, -0.05) is 31.4 Å². The minimum absolute atomic E-state index is 0.405. The molecule has 4 N–H and O–H groups in total. The normalized spacial score (nSPS) is 17.6. The number of hydrogen-bond donors (Lipinski definition) is 3. The molecule has 1 aliphatic rings. The third-order valence-corrected chi connectivity index (χ3v) is 3.30. The van der Waals surface area contributed by atoms with E-state index in [-0.39, 0.29) is 0 Å². The van der Waals surface area contributed by atoms with Gasteiger partial charge in [0.05, 0.1) is 6.04 Å². The van der Waals surface area contributed by atoms with Gasteiger partial charge in [-0.2, -0.15) is 0 Å². The highest BCUT2D eigenvalue weighted by Crippen LogP contribution is 2.20. The summed E-state index contributed by atoms with van der Waals surface area (Å²) in [5.74, 6) is 6.19. The van der Waals surface area contributed by atoms with Gasteiger partial charge < -0.3 is 5.32 Å². The summed E-state index contributed by atoms with van der Waals surface area (Å²) in [5, 5.41) is 3.23. The predicted octanol–water partition coefficient (Wildman–Crippen LogP) is 2.56. The van der Waals surface area contributed by atoms with Gasteiger partial charge in [0.2, 0.25) is 5.96 Å². The van der Waals surface area contributed by atoms with Crippen LogP contribution in [0, 0.1) is 6.92 Å². The van der Waals surface area contributed by atoms with E-state index in [0.29, 0.717) is 12.0 Å². The zero-order valence-electron chi connectivity index (χ0n) is 10.9. The van der Waals surface area contributed by atoms with Crippen LogP contribution >= 0.6 is 0 Å². The van der Waals surface area contributed by atoms with E-state index in [1.54, 1.807) is 0 Å². The van der Waals surface area contributed by atoms with Crippen molar-refractivity contribution in [3.8, 4) is 0 Å². The number of nitrogens with two attached hydrogens (primary N) is 1. The Balaban J connectivity index is 2.01. The molecular formula is C14H22N4. The standard InChI is InChI=1S/C14H22N4/c1-11-6-5-9-13(10-11)17-14(18-15)16-12-7-3-2-4-8-12/h5-6,9-10,12H,2-4,7-8,15H2,1H3,(H2,16,17,18). The highest BCUT2D eigenvalue weighted by molar-refractivity contribution is 5.93. The molecule has 0 bridgehead atoms. The molecule has 0 heterocycles. The molecule has 1 saturated carbocycles. The lowest BCUT2D eigenvalue weighted by atomic mass is 9.96. The molecule has 1 fully saturated rings. The van der Waals surface area contributed by atoms with Gasteiger partial charge in [0.15, 0.2) is 0 Å². The quantitative estimate of drug-likeness (QED) is 0.325. The predicted molar refractivity (Wildman–Crippen MR) is 76.4 cm³/mol. The molecule has 0 unspecified atom stereocenters. The summed E-state index contributed by atoms with van der Waals surface area (Å²) in [6.45, 7) is 2.07. The fraction of sp³-hybridized carbons (Fsp3) is 0.500. The number of aryl methyl sites for hydroxylation is 1. The average molecular weight is 246 g/mol. The number of aliphatic imine (C=N–C) groups is 1. The summed E-state index contributed by atoms with van der Waals surface area (Å²) in [6.07, 6.45) is 6.22. The lowest BCUT2D eigenvalue weighted by Crippen LogP contribution is -2.37. The Hall–Kier alpha value is -1.55. The van der Waals surface area contributed by atoms with E-state index in [4.69, 9.17) is 5.84 Å². The number of anilines is 1. The third kappa shape index (κ3) is 3.74. The molecule has 1 aromatic carbocycles. The first-order valence-corrected chi connectivity index (χ1v) is 6.66. The van der Waals surface area contributed by atoms with E-state index in [9.17, 15) is 0 Å². The van der Waals surface area contributed by atoms with Crippen molar-refractivity contribution in [3.05, 3.63) is 29.8 Å². The second-order valence-corrected chi connectivity index (χ2v) is 4.91. The Morgan fingerprint density at radius 3 is 2.72 bits per heavy atom. The van der Waals surface area contributed by atoms with E-state index < -0.39 is 0 Å². The average Bonchev–Trinajstić information content (AvgIpc) is 2.39. The molecular weight excluding hydrogens is 224 g/mol. The van der Waals surface area contributed by atoms with E-state index in [0.717, 1.165) is 5.69 Å². The summed E-state index contributed by atoms with van der Waals surface area (Å²) >= 11 is 0. The second-order valence-electron chi connectivity index (χ2n) is 4.91. The van der Waals surface area contributed by atoms with Crippen molar-refractivity contribution in [1.82, 2.24) is 5.43 Å². The van der Waals surface area contributed by atoms with E-state index in [1.165, 1.54) is 37.7 Å². The summed E-state index contributed by atoms with van der Waals surface area (Å²) in [4.78, 5) is 4.65. The van der Waals surface area contributed by atoms with E-state index >= 15 is 0 Å². The Labute approximate surface area is 109 Å². The number of hydrogen-bond acceptors (Lipinski definition) is 2. The lowest BCUT2D eigenvalue weighted by molar-refractivity contribution is 0.442. The first kappa shape index (κ1) is 12.9. The fourth-order valence-electron chi connectivity index (χ4n) is 2.36. The molecule has 18 heavy (non-hydrogen) atoms. The molecule has 1 aromatic rings. The molecule has 0 saturated heterocycles. The molecule has 0 aliphatic heterocycles. The number of nitrogens with one attached hydrogen (secondary N) is 2. The maximum absolute atomic E-state index is 5.53. The van der Waals surface area contributed by atoms with Crippen molar-refractivity contribution in [2.24, 2.45) is 10.8 Å². The fourth-order valence-corrected chi connectivity index (χ4v) is 2.36. The molecule has 4 nitrogen and oxygen atoms in total. The van der Waals surface area contributed by atoms with Gasteiger partial charge in [-0.05, 0) is 37.5 Å². The SMILES string of the molecule is Cc1cccc(NC(=NC2CCCCC2)NN)c1. The molecule has 98 valence electrons. The number of nitrogens with zero attached hydrogens (tertiary/aromatic N) is 1. The molecule has 2 rings (SSSR count). The first-order valence-electron chi connectivity index (χ1n) is 6.66. The van der Waals surface area contributed by atoms with Crippen LogP contribution in [0.1, 0.15) is 37.7 Å². The monoisotopic (exact) mass is 246 g/mol. The van der Waals surface area contributed by atoms with Crippen molar-refractivity contribution < 1.29 is 0 Å². The maximum Gasteiger partial charge on any atom is 0.210 e. The second kappa shape index (κ2) is 6.40. The lowest BCUT2D eigenvalue weighted by Gasteiger charge is -2.19. The Bertz CT molecular complexity index is 408. The van der Waals surface area contributed by atoms with Crippen LogP contribution in [0.2, 0.25) is 0 Å². The summed E-state index contributed by atoms with van der Waals surface area (Å²) in [7, 11) is 0. The summed E-state index contributed by atoms with van der Waals surface area (Å²) in [6, 6.07) is 8.59. The van der Waals surface area contributed by atoms with Crippen LogP contribution in [-0.2, 0) is 0 Å². The van der Waals surface area contributed by atoms with Crippen molar-refractivity contribution in [3.63, 3.8) is 0 Å². The van der Waals surface area contributed by atoms with Crippen LogP contribution in [0.15, 0.2) is 29.3 Å². The Morgan fingerprint density at radius 1 is 1.28 bits per heavy atom. The highest BCUT2D eigenvalue weighted by atomic mass is 15.3. The van der Waals surface area contributed by atoms with Crippen molar-refractivity contribution in [2.45, 2.75) is 45.1 Å². The van der Waals surface area contributed by atoms with Crippen LogP contribution in [0.5, 0.6) is 0 Å². The van der Waals surface area contributed by atoms with E-state index in [1.807, 2.05) is 12.1 Å². The Morgan fingerprint density at radius 2 is 2.06 bits per heavy atom. The minimum atomic E-state index is 0.405. The first-order chi connectivity index (χ1) is 8.78. The van der Waals surface area contributed by atoms with Gasteiger partial charge in [-0.15, -0.1) is 0 Å². The van der Waals surface area contributed by atoms with Gasteiger partial charge in [0.25, 0.3) is 0 Å². The zero-order valence-corrected chi connectivity index (χ0v) is 10.9. The number of guanidine groups is 1. The van der Waals surface area contributed by atoms with Crippen LogP contribution < -0.4 is 16.6 Å². The number of rotatable bonds is 2. The zero-order chi connectivity index (χ0) is 12.8. The van der Waals surface area contributed by atoms with Gasteiger partial charge in [0.1, 0.15) is 0 Å².